The third-order valence-corrected chi connectivity index (χ3v) is 5.99. The van der Waals surface area contributed by atoms with Gasteiger partial charge in [0.2, 0.25) is 10.0 Å². The summed E-state index contributed by atoms with van der Waals surface area (Å²) in [7, 11) is -3.48. The molecule has 1 unspecified atom stereocenters. The summed E-state index contributed by atoms with van der Waals surface area (Å²) in [5.74, 6) is 0. The zero-order valence-corrected chi connectivity index (χ0v) is 12.9. The molecule has 1 aliphatic rings. The van der Waals surface area contributed by atoms with Crippen molar-refractivity contribution in [3.8, 4) is 0 Å². The molecule has 0 fully saturated rings. The second-order valence-corrected chi connectivity index (χ2v) is 7.40. The van der Waals surface area contributed by atoms with Crippen molar-refractivity contribution >= 4 is 20.8 Å². The van der Waals surface area contributed by atoms with Crippen LogP contribution in [0, 0.1) is 0 Å². The molecule has 1 atom stereocenters. The molecule has 0 saturated heterocycles. The number of hydrogen-bond donors (Lipinski definition) is 1. The summed E-state index contributed by atoms with van der Waals surface area (Å²) in [5, 5.41) is 2.16. The van der Waals surface area contributed by atoms with E-state index >= 15 is 0 Å². The quantitative estimate of drug-likeness (QED) is 0.749. The van der Waals surface area contributed by atoms with Gasteiger partial charge in [0.1, 0.15) is 0 Å². The van der Waals surface area contributed by atoms with Crippen LogP contribution in [0.5, 0.6) is 0 Å². The van der Waals surface area contributed by atoms with Crippen LogP contribution in [0.2, 0.25) is 0 Å². The molecule has 0 amide bonds. The molecule has 0 saturated carbocycles. The van der Waals surface area contributed by atoms with Gasteiger partial charge in [-0.15, -0.1) is 0 Å². The zero-order chi connectivity index (χ0) is 15.4. The highest BCUT2D eigenvalue weighted by Crippen LogP contribution is 2.42. The van der Waals surface area contributed by atoms with Gasteiger partial charge >= 0.3 is 0 Å². The van der Waals surface area contributed by atoms with Crippen LogP contribution in [0.4, 0.5) is 0 Å². The van der Waals surface area contributed by atoms with Gasteiger partial charge in [-0.25, -0.2) is 8.42 Å². The van der Waals surface area contributed by atoms with E-state index in [1.807, 2.05) is 61.5 Å². The van der Waals surface area contributed by atoms with Crippen LogP contribution in [-0.4, -0.2) is 8.42 Å². The average Bonchev–Trinajstić information content (AvgIpc) is 2.75. The summed E-state index contributed by atoms with van der Waals surface area (Å²) >= 11 is 0. The molecular formula is C18H15NO2S. The van der Waals surface area contributed by atoms with E-state index in [1.165, 1.54) is 0 Å². The second-order valence-electron chi connectivity index (χ2n) is 5.75. The van der Waals surface area contributed by atoms with Crippen molar-refractivity contribution in [1.82, 2.24) is 4.72 Å². The van der Waals surface area contributed by atoms with Crippen molar-refractivity contribution < 1.29 is 8.42 Å². The van der Waals surface area contributed by atoms with Crippen molar-refractivity contribution in [3.63, 3.8) is 0 Å². The van der Waals surface area contributed by atoms with E-state index in [9.17, 15) is 8.42 Å². The number of sulfonamides is 1. The fourth-order valence-electron chi connectivity index (χ4n) is 3.35. The smallest absolute Gasteiger partial charge is 0.207 e. The minimum Gasteiger partial charge on any atom is -0.207 e. The highest BCUT2D eigenvalue weighted by Gasteiger charge is 2.44. The fraction of sp³-hybridized carbons (Fsp3) is 0.111. The van der Waals surface area contributed by atoms with Gasteiger partial charge in [-0.3, -0.25) is 0 Å². The maximum Gasteiger partial charge on any atom is 0.242 e. The van der Waals surface area contributed by atoms with Crippen LogP contribution in [-0.2, 0) is 15.6 Å². The zero-order valence-electron chi connectivity index (χ0n) is 12.1. The predicted octanol–water partition coefficient (Wildman–Crippen LogP) is 3.40. The molecule has 1 N–H and O–H groups in total. The molecule has 1 aliphatic heterocycles. The summed E-state index contributed by atoms with van der Waals surface area (Å²) < 4.78 is 27.8. The summed E-state index contributed by atoms with van der Waals surface area (Å²) in [4.78, 5) is 0.366. The van der Waals surface area contributed by atoms with Crippen LogP contribution in [0.3, 0.4) is 0 Å². The van der Waals surface area contributed by atoms with Crippen molar-refractivity contribution in [2.24, 2.45) is 0 Å². The van der Waals surface area contributed by atoms with Crippen molar-refractivity contribution in [2.75, 3.05) is 0 Å². The molecule has 3 nitrogen and oxygen atoms in total. The lowest BCUT2D eigenvalue weighted by Crippen LogP contribution is -2.37. The van der Waals surface area contributed by atoms with E-state index < -0.39 is 15.6 Å². The molecule has 22 heavy (non-hydrogen) atoms. The third kappa shape index (κ3) is 1.74. The van der Waals surface area contributed by atoms with E-state index in [1.54, 1.807) is 12.1 Å². The lowest BCUT2D eigenvalue weighted by atomic mass is 9.83. The Bertz CT molecular complexity index is 989. The minimum atomic E-state index is -3.48. The topological polar surface area (TPSA) is 46.2 Å². The van der Waals surface area contributed by atoms with E-state index in [0.717, 1.165) is 21.9 Å². The standard InChI is InChI=1S/C18H15NO2S/c1-18(15-11-6-8-13-7-2-3-9-14(13)15)16-10-4-5-12-17(16)22(20,21)19-18/h2-12,19H,1H3. The molecular weight excluding hydrogens is 294 g/mol. The number of benzene rings is 3. The van der Waals surface area contributed by atoms with Crippen LogP contribution in [0.25, 0.3) is 10.8 Å². The van der Waals surface area contributed by atoms with Gasteiger partial charge in [0.15, 0.2) is 0 Å². The first kappa shape index (κ1) is 13.5. The maximum atomic E-state index is 12.5. The molecule has 3 aromatic rings. The largest absolute Gasteiger partial charge is 0.242 e. The lowest BCUT2D eigenvalue weighted by molar-refractivity contribution is 0.530. The molecule has 110 valence electrons. The highest BCUT2D eigenvalue weighted by atomic mass is 32.2. The SMILES string of the molecule is CC1(c2cccc3ccccc23)NS(=O)(=O)c2ccccc21. The Morgan fingerprint density at radius 3 is 2.32 bits per heavy atom. The van der Waals surface area contributed by atoms with E-state index in [-0.39, 0.29) is 0 Å². The van der Waals surface area contributed by atoms with Crippen molar-refractivity contribution in [2.45, 2.75) is 17.4 Å². The van der Waals surface area contributed by atoms with Gasteiger partial charge in [-0.05, 0) is 34.9 Å². The van der Waals surface area contributed by atoms with E-state index in [4.69, 9.17) is 0 Å². The number of hydrogen-bond acceptors (Lipinski definition) is 2. The molecule has 4 heteroatoms. The monoisotopic (exact) mass is 309 g/mol. The molecule has 0 spiro atoms. The van der Waals surface area contributed by atoms with Crippen LogP contribution < -0.4 is 4.72 Å². The molecule has 0 bridgehead atoms. The Labute approximate surface area is 129 Å². The summed E-state index contributed by atoms with van der Waals surface area (Å²) in [5.41, 5.74) is 1.02. The summed E-state index contributed by atoms with van der Waals surface area (Å²) in [6.07, 6.45) is 0. The van der Waals surface area contributed by atoms with Gasteiger partial charge < -0.3 is 0 Å². The number of fused-ring (bicyclic) bond motifs is 2. The van der Waals surface area contributed by atoms with Gasteiger partial charge in [0, 0.05) is 0 Å². The predicted molar refractivity (Wildman–Crippen MR) is 87.2 cm³/mol. The van der Waals surface area contributed by atoms with E-state index in [0.29, 0.717) is 4.90 Å². The lowest BCUT2D eigenvalue weighted by Gasteiger charge is -2.26. The summed E-state index contributed by atoms with van der Waals surface area (Å²) in [6, 6.07) is 21.2. The molecule has 0 aliphatic carbocycles. The van der Waals surface area contributed by atoms with Gasteiger partial charge in [0.05, 0.1) is 10.4 Å². The van der Waals surface area contributed by atoms with Crippen molar-refractivity contribution in [1.29, 1.82) is 0 Å². The third-order valence-electron chi connectivity index (χ3n) is 4.38. The minimum absolute atomic E-state index is 0.366. The highest BCUT2D eigenvalue weighted by molar-refractivity contribution is 7.89. The first-order valence-corrected chi connectivity index (χ1v) is 8.62. The van der Waals surface area contributed by atoms with E-state index in [2.05, 4.69) is 4.72 Å². The van der Waals surface area contributed by atoms with Crippen LogP contribution >= 0.6 is 0 Å². The molecule has 0 aromatic heterocycles. The van der Waals surface area contributed by atoms with Gasteiger partial charge in [0.25, 0.3) is 0 Å². The molecule has 1 heterocycles. The second kappa shape index (κ2) is 4.41. The molecule has 3 aromatic carbocycles. The van der Waals surface area contributed by atoms with Gasteiger partial charge in [-0.1, -0.05) is 60.7 Å². The number of nitrogens with one attached hydrogen (secondary N) is 1. The number of rotatable bonds is 1. The molecule has 4 rings (SSSR count). The molecule has 0 radical (unpaired) electrons. The summed E-state index contributed by atoms with van der Waals surface area (Å²) in [6.45, 7) is 1.93. The first-order valence-electron chi connectivity index (χ1n) is 7.14. The Morgan fingerprint density at radius 1 is 0.818 bits per heavy atom. The average molecular weight is 309 g/mol. The van der Waals surface area contributed by atoms with Crippen LogP contribution in [0.15, 0.2) is 71.6 Å². The van der Waals surface area contributed by atoms with Gasteiger partial charge in [-0.2, -0.15) is 4.72 Å². The van der Waals surface area contributed by atoms with Crippen molar-refractivity contribution in [3.05, 3.63) is 77.9 Å². The maximum absolute atomic E-state index is 12.5. The Balaban J connectivity index is 2.07. The normalized spacial score (nSPS) is 22.6. The first-order chi connectivity index (χ1) is 10.5. The Kier molecular flexibility index (Phi) is 2.71. The Morgan fingerprint density at radius 2 is 1.45 bits per heavy atom. The fourth-order valence-corrected chi connectivity index (χ4v) is 5.04. The van der Waals surface area contributed by atoms with Crippen LogP contribution in [0.1, 0.15) is 18.1 Å². The Hall–Kier alpha value is -2.17.